The highest BCUT2D eigenvalue weighted by Gasteiger charge is 2.25. The van der Waals surface area contributed by atoms with Crippen LogP contribution in [-0.4, -0.2) is 18.1 Å². The number of nitriles is 1. The van der Waals surface area contributed by atoms with Gasteiger partial charge in [-0.3, -0.25) is 0 Å². The van der Waals surface area contributed by atoms with E-state index in [1.54, 1.807) is 12.3 Å². The fraction of sp³-hybridized carbons (Fsp3) is 0.600. The minimum atomic E-state index is 0.492. The molecule has 2 rings (SSSR count). The molecule has 2 N–H and O–H groups in total. The van der Waals surface area contributed by atoms with E-state index in [0.717, 1.165) is 11.7 Å². The van der Waals surface area contributed by atoms with Crippen molar-refractivity contribution in [3.05, 3.63) is 17.8 Å². The molecule has 1 saturated carbocycles. The van der Waals surface area contributed by atoms with E-state index >= 15 is 0 Å². The summed E-state index contributed by atoms with van der Waals surface area (Å²) < 4.78 is 0. The molecule has 19 heavy (non-hydrogen) atoms. The van der Waals surface area contributed by atoms with E-state index in [1.807, 2.05) is 7.05 Å². The number of anilines is 2. The minimum Gasteiger partial charge on any atom is -0.397 e. The Morgan fingerprint density at radius 1 is 1.42 bits per heavy atom. The third-order valence-corrected chi connectivity index (χ3v) is 4.28. The zero-order valence-electron chi connectivity index (χ0n) is 11.8. The van der Waals surface area contributed by atoms with Gasteiger partial charge in [-0.25, -0.2) is 4.98 Å². The molecule has 1 fully saturated rings. The largest absolute Gasteiger partial charge is 0.397 e. The Bertz CT molecular complexity index is 470. The lowest BCUT2D eigenvalue weighted by Crippen LogP contribution is -2.36. The summed E-state index contributed by atoms with van der Waals surface area (Å²) in [5.74, 6) is 1.64. The van der Waals surface area contributed by atoms with Crippen LogP contribution in [0.15, 0.2) is 12.3 Å². The molecule has 1 aromatic rings. The van der Waals surface area contributed by atoms with Crippen LogP contribution in [0.2, 0.25) is 0 Å². The molecule has 102 valence electrons. The predicted octanol–water partition coefficient (Wildman–Crippen LogP) is 2.94. The van der Waals surface area contributed by atoms with Gasteiger partial charge >= 0.3 is 0 Å². The average molecular weight is 258 g/mol. The van der Waals surface area contributed by atoms with Gasteiger partial charge in [0.05, 0.1) is 17.4 Å². The van der Waals surface area contributed by atoms with Gasteiger partial charge in [0, 0.05) is 13.1 Å². The molecule has 1 aliphatic carbocycles. The van der Waals surface area contributed by atoms with Crippen LogP contribution >= 0.6 is 0 Å². The third kappa shape index (κ3) is 2.98. The number of nitrogen functional groups attached to an aromatic ring is 1. The van der Waals surface area contributed by atoms with Crippen molar-refractivity contribution >= 4 is 11.5 Å². The van der Waals surface area contributed by atoms with Crippen LogP contribution in [0, 0.1) is 17.2 Å². The van der Waals surface area contributed by atoms with E-state index in [4.69, 9.17) is 5.73 Å². The van der Waals surface area contributed by atoms with Gasteiger partial charge < -0.3 is 10.6 Å². The number of hydrogen-bond acceptors (Lipinski definition) is 4. The molecular formula is C15H22N4. The van der Waals surface area contributed by atoms with E-state index < -0.39 is 0 Å². The fourth-order valence-electron chi connectivity index (χ4n) is 2.95. The smallest absolute Gasteiger partial charge is 0.146 e. The van der Waals surface area contributed by atoms with Crippen molar-refractivity contribution in [2.45, 2.75) is 45.1 Å². The molecule has 4 nitrogen and oxygen atoms in total. The van der Waals surface area contributed by atoms with Crippen LogP contribution < -0.4 is 10.6 Å². The van der Waals surface area contributed by atoms with Crippen LogP contribution in [0.25, 0.3) is 0 Å². The topological polar surface area (TPSA) is 65.9 Å². The highest BCUT2D eigenvalue weighted by molar-refractivity contribution is 5.58. The first kappa shape index (κ1) is 13.7. The van der Waals surface area contributed by atoms with E-state index in [-0.39, 0.29) is 0 Å². The second kappa shape index (κ2) is 5.92. The summed E-state index contributed by atoms with van der Waals surface area (Å²) >= 11 is 0. The molecule has 0 aliphatic heterocycles. The Kier molecular flexibility index (Phi) is 4.26. The summed E-state index contributed by atoms with van der Waals surface area (Å²) in [5.41, 5.74) is 6.80. The minimum absolute atomic E-state index is 0.492. The maximum absolute atomic E-state index is 9.20. The third-order valence-electron chi connectivity index (χ3n) is 4.28. The van der Waals surface area contributed by atoms with Gasteiger partial charge in [-0.15, -0.1) is 0 Å². The normalized spacial score (nSPS) is 22.8. The number of nitrogens with two attached hydrogens (primary N) is 1. The molecule has 1 aliphatic rings. The molecule has 0 atom stereocenters. The van der Waals surface area contributed by atoms with E-state index in [2.05, 4.69) is 22.9 Å². The number of rotatable bonds is 3. The standard InChI is InChI=1S/C15H22N4/c1-3-11-4-6-14(7-5-11)19(2)15-12(9-16)8-13(17)10-18-15/h8,10-11,14H,3-7,17H2,1-2H3. The summed E-state index contributed by atoms with van der Waals surface area (Å²) in [4.78, 5) is 6.50. The molecule has 0 spiro atoms. The van der Waals surface area contributed by atoms with Crippen molar-refractivity contribution in [3.8, 4) is 6.07 Å². The zero-order valence-corrected chi connectivity index (χ0v) is 11.8. The van der Waals surface area contributed by atoms with Crippen LogP contribution in [0.1, 0.15) is 44.6 Å². The maximum atomic E-state index is 9.20. The number of nitrogens with zero attached hydrogens (tertiary/aromatic N) is 3. The monoisotopic (exact) mass is 258 g/mol. The van der Waals surface area contributed by atoms with Crippen molar-refractivity contribution < 1.29 is 0 Å². The lowest BCUT2D eigenvalue weighted by Gasteiger charge is -2.35. The summed E-state index contributed by atoms with van der Waals surface area (Å²) in [6.45, 7) is 2.27. The number of pyridine rings is 1. The van der Waals surface area contributed by atoms with Gasteiger partial charge in [-0.1, -0.05) is 13.3 Å². The second-order valence-electron chi connectivity index (χ2n) is 5.45. The van der Waals surface area contributed by atoms with E-state index in [9.17, 15) is 5.26 Å². The first-order valence-corrected chi connectivity index (χ1v) is 7.04. The highest BCUT2D eigenvalue weighted by atomic mass is 15.2. The highest BCUT2D eigenvalue weighted by Crippen LogP contribution is 2.31. The first-order valence-electron chi connectivity index (χ1n) is 7.04. The van der Waals surface area contributed by atoms with Crippen LogP contribution in [0.3, 0.4) is 0 Å². The molecule has 1 heterocycles. The SMILES string of the molecule is CCC1CCC(N(C)c2ncc(N)cc2C#N)CC1. The lowest BCUT2D eigenvalue weighted by atomic mass is 9.84. The molecule has 0 radical (unpaired) electrons. The molecule has 0 saturated heterocycles. The maximum Gasteiger partial charge on any atom is 0.146 e. The van der Waals surface area contributed by atoms with Gasteiger partial charge in [0.25, 0.3) is 0 Å². The summed E-state index contributed by atoms with van der Waals surface area (Å²) in [5, 5.41) is 9.20. The van der Waals surface area contributed by atoms with Crippen molar-refractivity contribution in [2.75, 3.05) is 17.7 Å². The van der Waals surface area contributed by atoms with Crippen molar-refractivity contribution in [1.29, 1.82) is 5.26 Å². The Morgan fingerprint density at radius 3 is 2.68 bits per heavy atom. The summed E-state index contributed by atoms with van der Waals surface area (Å²) in [6.07, 6.45) is 7.84. The van der Waals surface area contributed by atoms with Crippen molar-refractivity contribution in [1.82, 2.24) is 4.98 Å². The van der Waals surface area contributed by atoms with Gasteiger partial charge in [0.15, 0.2) is 0 Å². The molecule has 0 amide bonds. The molecule has 4 heteroatoms. The van der Waals surface area contributed by atoms with Gasteiger partial charge in [0.2, 0.25) is 0 Å². The average Bonchev–Trinajstić information content (AvgIpc) is 2.46. The Morgan fingerprint density at radius 2 is 2.11 bits per heavy atom. The van der Waals surface area contributed by atoms with Crippen LogP contribution in [-0.2, 0) is 0 Å². The molecule has 1 aromatic heterocycles. The molecule has 0 unspecified atom stereocenters. The van der Waals surface area contributed by atoms with Gasteiger partial charge in [-0.05, 0) is 37.7 Å². The van der Waals surface area contributed by atoms with Crippen LogP contribution in [0.4, 0.5) is 11.5 Å². The van der Waals surface area contributed by atoms with Gasteiger partial charge in [-0.2, -0.15) is 5.26 Å². The quantitative estimate of drug-likeness (QED) is 0.905. The lowest BCUT2D eigenvalue weighted by molar-refractivity contribution is 0.313. The first-order chi connectivity index (χ1) is 9.15. The van der Waals surface area contributed by atoms with Crippen molar-refractivity contribution in [2.24, 2.45) is 5.92 Å². The number of hydrogen-bond donors (Lipinski definition) is 1. The van der Waals surface area contributed by atoms with Crippen LogP contribution in [0.5, 0.6) is 0 Å². The predicted molar refractivity (Wildman–Crippen MR) is 77.8 cm³/mol. The molecule has 0 bridgehead atoms. The number of aromatic nitrogens is 1. The van der Waals surface area contributed by atoms with Crippen molar-refractivity contribution in [3.63, 3.8) is 0 Å². The second-order valence-corrected chi connectivity index (χ2v) is 5.45. The Labute approximate surface area is 115 Å². The van der Waals surface area contributed by atoms with E-state index in [1.165, 1.54) is 32.1 Å². The molecule has 0 aromatic carbocycles. The fourth-order valence-corrected chi connectivity index (χ4v) is 2.95. The Balaban J connectivity index is 2.12. The van der Waals surface area contributed by atoms with E-state index in [0.29, 0.717) is 17.3 Å². The molecular weight excluding hydrogens is 236 g/mol. The summed E-state index contributed by atoms with van der Waals surface area (Å²) in [6, 6.07) is 4.39. The Hall–Kier alpha value is -1.76. The van der Waals surface area contributed by atoms with Gasteiger partial charge in [0.1, 0.15) is 11.9 Å². The zero-order chi connectivity index (χ0) is 13.8. The summed E-state index contributed by atoms with van der Waals surface area (Å²) in [7, 11) is 2.04.